The normalized spacial score (nSPS) is 23.6. The van der Waals surface area contributed by atoms with E-state index >= 15 is 0 Å². The summed E-state index contributed by atoms with van der Waals surface area (Å²) >= 11 is 0. The molecular formula is C26H33N3O7S. The maximum absolute atomic E-state index is 13.2. The first-order chi connectivity index (χ1) is 17.7. The van der Waals surface area contributed by atoms with Crippen LogP contribution in [0.4, 0.5) is 5.69 Å². The Morgan fingerprint density at radius 1 is 1.11 bits per heavy atom. The summed E-state index contributed by atoms with van der Waals surface area (Å²) in [6.07, 6.45) is -0.715. The van der Waals surface area contributed by atoms with Crippen LogP contribution in [0.15, 0.2) is 42.5 Å². The van der Waals surface area contributed by atoms with E-state index in [0.29, 0.717) is 49.9 Å². The zero-order valence-electron chi connectivity index (χ0n) is 21.3. The minimum atomic E-state index is -3.79. The summed E-state index contributed by atoms with van der Waals surface area (Å²) in [7, 11) is -2.19. The van der Waals surface area contributed by atoms with Crippen LogP contribution in [0, 0.1) is 13.8 Å². The number of carbonyl (C=O) groups is 1. The van der Waals surface area contributed by atoms with Gasteiger partial charge in [-0.3, -0.25) is 9.52 Å². The highest BCUT2D eigenvalue weighted by Crippen LogP contribution is 2.29. The number of hydrogen-bond donors (Lipinski definition) is 1. The van der Waals surface area contributed by atoms with Gasteiger partial charge in [-0.25, -0.2) is 0 Å². The molecule has 3 fully saturated rings. The van der Waals surface area contributed by atoms with E-state index < -0.39 is 21.9 Å². The van der Waals surface area contributed by atoms with E-state index in [9.17, 15) is 13.2 Å². The number of rotatable bonds is 7. The van der Waals surface area contributed by atoms with Crippen molar-refractivity contribution in [3.63, 3.8) is 0 Å². The number of hydrogen-bond acceptors (Lipinski definition) is 7. The number of ether oxygens (including phenoxy) is 4. The molecule has 0 radical (unpaired) electrons. The number of morpholine rings is 1. The van der Waals surface area contributed by atoms with Gasteiger partial charge >= 0.3 is 10.2 Å². The molecule has 3 saturated heterocycles. The summed E-state index contributed by atoms with van der Waals surface area (Å²) in [5.41, 5.74) is 2.46. The SMILES string of the molecule is COC1CN(C(=O)c2cc(C)ccc2C)CC1Oc1cccc(NS(=O)(=O)N2CCOC3(COC3)C2)c1. The van der Waals surface area contributed by atoms with Gasteiger partial charge in [0, 0.05) is 31.8 Å². The van der Waals surface area contributed by atoms with Gasteiger partial charge in [-0.2, -0.15) is 12.7 Å². The number of amides is 1. The van der Waals surface area contributed by atoms with Crippen LogP contribution in [-0.4, -0.2) is 94.4 Å². The van der Waals surface area contributed by atoms with E-state index in [4.69, 9.17) is 18.9 Å². The molecule has 0 aromatic heterocycles. The first-order valence-corrected chi connectivity index (χ1v) is 13.8. The number of aryl methyl sites for hydroxylation is 2. The van der Waals surface area contributed by atoms with Crippen LogP contribution >= 0.6 is 0 Å². The van der Waals surface area contributed by atoms with Crippen molar-refractivity contribution >= 4 is 21.8 Å². The van der Waals surface area contributed by atoms with Gasteiger partial charge in [0.05, 0.1) is 38.6 Å². The molecule has 1 amide bonds. The Morgan fingerprint density at radius 3 is 2.62 bits per heavy atom. The molecule has 0 bridgehead atoms. The van der Waals surface area contributed by atoms with Crippen LogP contribution in [0.25, 0.3) is 0 Å². The van der Waals surface area contributed by atoms with Crippen molar-refractivity contribution in [2.24, 2.45) is 0 Å². The molecule has 1 spiro atoms. The van der Waals surface area contributed by atoms with Crippen molar-refractivity contribution in [2.75, 3.05) is 57.8 Å². The Bertz CT molecular complexity index is 1260. The molecule has 3 aliphatic heterocycles. The molecule has 3 aliphatic rings. The number of benzene rings is 2. The Hall–Kier alpha value is -2.70. The van der Waals surface area contributed by atoms with Crippen LogP contribution in [0.3, 0.4) is 0 Å². The number of anilines is 1. The summed E-state index contributed by atoms with van der Waals surface area (Å²) in [5, 5.41) is 0. The second kappa shape index (κ2) is 10.2. The topological polar surface area (TPSA) is 107 Å². The minimum absolute atomic E-state index is 0.0593. The van der Waals surface area contributed by atoms with Gasteiger partial charge in [-0.1, -0.05) is 23.8 Å². The molecule has 1 N–H and O–H groups in total. The number of nitrogens with zero attached hydrogens (tertiary/aromatic N) is 2. The fourth-order valence-corrected chi connectivity index (χ4v) is 6.20. The third-order valence-corrected chi connectivity index (χ3v) is 8.57. The Morgan fingerprint density at radius 2 is 1.89 bits per heavy atom. The average Bonchev–Trinajstić information content (AvgIpc) is 3.27. The van der Waals surface area contributed by atoms with E-state index in [1.165, 1.54) is 4.31 Å². The predicted molar refractivity (Wildman–Crippen MR) is 137 cm³/mol. The number of methoxy groups -OCH3 is 1. The van der Waals surface area contributed by atoms with Gasteiger partial charge in [0.15, 0.2) is 0 Å². The molecule has 37 heavy (non-hydrogen) atoms. The minimum Gasteiger partial charge on any atom is -0.486 e. The summed E-state index contributed by atoms with van der Waals surface area (Å²) < 4.78 is 53.0. The van der Waals surface area contributed by atoms with E-state index in [1.54, 1.807) is 36.3 Å². The standard InChI is InChI=1S/C26H33N3O7S/c1-18-7-8-19(2)22(11-18)25(30)28-13-23(33-3)24(14-28)36-21-6-4-5-20(12-21)27-37(31,32)29-9-10-35-26(15-29)16-34-17-26/h4-8,11-12,23-24,27H,9-10,13-17H2,1-3H3. The molecule has 2 aromatic carbocycles. The molecule has 2 unspecified atom stereocenters. The molecule has 0 saturated carbocycles. The first kappa shape index (κ1) is 25.9. The molecular weight excluding hydrogens is 498 g/mol. The van der Waals surface area contributed by atoms with E-state index in [-0.39, 0.29) is 25.1 Å². The highest BCUT2D eigenvalue weighted by Gasteiger charge is 2.46. The molecule has 2 atom stereocenters. The summed E-state index contributed by atoms with van der Waals surface area (Å²) in [6, 6.07) is 12.6. The van der Waals surface area contributed by atoms with Gasteiger partial charge in [-0.05, 0) is 37.6 Å². The Labute approximate surface area is 217 Å². The van der Waals surface area contributed by atoms with Gasteiger partial charge < -0.3 is 23.8 Å². The van der Waals surface area contributed by atoms with Crippen molar-refractivity contribution in [3.05, 3.63) is 59.2 Å². The Kier molecular flexibility index (Phi) is 7.16. The van der Waals surface area contributed by atoms with Crippen molar-refractivity contribution in [3.8, 4) is 5.75 Å². The lowest BCUT2D eigenvalue weighted by Crippen LogP contribution is -2.64. The van der Waals surface area contributed by atoms with E-state index in [1.807, 2.05) is 32.0 Å². The third kappa shape index (κ3) is 5.46. The zero-order valence-corrected chi connectivity index (χ0v) is 22.1. The number of likely N-dealkylation sites (tertiary alicyclic amines) is 1. The Balaban J connectivity index is 1.25. The average molecular weight is 532 g/mol. The summed E-state index contributed by atoms with van der Waals surface area (Å²) in [6.45, 7) is 6.29. The van der Waals surface area contributed by atoms with Crippen molar-refractivity contribution < 1.29 is 32.2 Å². The van der Waals surface area contributed by atoms with Gasteiger partial charge in [0.2, 0.25) is 0 Å². The van der Waals surface area contributed by atoms with Crippen LogP contribution < -0.4 is 9.46 Å². The second-order valence-corrected chi connectivity index (χ2v) is 11.6. The van der Waals surface area contributed by atoms with Gasteiger partial charge in [-0.15, -0.1) is 0 Å². The molecule has 2 aromatic rings. The predicted octanol–water partition coefficient (Wildman–Crippen LogP) is 1.98. The van der Waals surface area contributed by atoms with Crippen molar-refractivity contribution in [2.45, 2.75) is 31.7 Å². The molecule has 11 heteroatoms. The molecule has 10 nitrogen and oxygen atoms in total. The first-order valence-electron chi connectivity index (χ1n) is 12.3. The smallest absolute Gasteiger partial charge is 0.301 e. The third-order valence-electron chi connectivity index (χ3n) is 7.08. The highest BCUT2D eigenvalue weighted by atomic mass is 32.2. The van der Waals surface area contributed by atoms with Crippen molar-refractivity contribution in [1.29, 1.82) is 0 Å². The number of carbonyl (C=O) groups excluding carboxylic acids is 1. The quantitative estimate of drug-likeness (QED) is 0.582. The van der Waals surface area contributed by atoms with Gasteiger partial charge in [0.1, 0.15) is 23.6 Å². The van der Waals surface area contributed by atoms with E-state index in [2.05, 4.69) is 4.72 Å². The van der Waals surface area contributed by atoms with Crippen molar-refractivity contribution in [1.82, 2.24) is 9.21 Å². The lowest BCUT2D eigenvalue weighted by molar-refractivity contribution is -0.228. The lowest BCUT2D eigenvalue weighted by atomic mass is 10.0. The van der Waals surface area contributed by atoms with Crippen LogP contribution in [0.5, 0.6) is 5.75 Å². The highest BCUT2D eigenvalue weighted by molar-refractivity contribution is 7.90. The molecule has 5 rings (SSSR count). The second-order valence-electron chi connectivity index (χ2n) is 9.95. The molecule has 0 aliphatic carbocycles. The molecule has 200 valence electrons. The maximum Gasteiger partial charge on any atom is 0.301 e. The monoisotopic (exact) mass is 531 g/mol. The fraction of sp³-hybridized carbons (Fsp3) is 0.500. The zero-order chi connectivity index (χ0) is 26.2. The van der Waals surface area contributed by atoms with E-state index in [0.717, 1.165) is 11.1 Å². The van der Waals surface area contributed by atoms with Crippen LogP contribution in [0.2, 0.25) is 0 Å². The summed E-state index contributed by atoms with van der Waals surface area (Å²) in [5.74, 6) is 0.426. The fourth-order valence-electron chi connectivity index (χ4n) is 4.93. The summed E-state index contributed by atoms with van der Waals surface area (Å²) in [4.78, 5) is 15.0. The van der Waals surface area contributed by atoms with Gasteiger partial charge in [0.25, 0.3) is 5.91 Å². The van der Waals surface area contributed by atoms with Crippen LogP contribution in [0.1, 0.15) is 21.5 Å². The molecule has 3 heterocycles. The van der Waals surface area contributed by atoms with Crippen LogP contribution in [-0.2, 0) is 24.4 Å². The largest absolute Gasteiger partial charge is 0.486 e. The number of nitrogens with one attached hydrogen (secondary N) is 1. The maximum atomic E-state index is 13.2. The lowest BCUT2D eigenvalue weighted by Gasteiger charge is -2.46.